The molecule has 0 aliphatic carbocycles. The molecule has 2 aliphatic rings. The molecule has 8 heteroatoms. The summed E-state index contributed by atoms with van der Waals surface area (Å²) in [6.07, 6.45) is -0.230. The van der Waals surface area contributed by atoms with E-state index in [-0.39, 0.29) is 6.09 Å². The molecule has 0 saturated carbocycles. The van der Waals surface area contributed by atoms with E-state index in [0.717, 1.165) is 36.2 Å². The first-order valence-corrected chi connectivity index (χ1v) is 17.4. The van der Waals surface area contributed by atoms with Crippen LogP contribution in [0, 0.1) is 32.2 Å². The normalized spacial score (nSPS) is 19.8. The van der Waals surface area contributed by atoms with Gasteiger partial charge in [-0.1, -0.05) is 25.6 Å². The molecule has 1 aromatic rings. The van der Waals surface area contributed by atoms with Crippen molar-refractivity contribution in [3.63, 3.8) is 0 Å². The third-order valence-corrected chi connectivity index (χ3v) is 8.80. The minimum Gasteiger partial charge on any atom is -0.444 e. The standard InChI is InChI=1S/C30H49BN2O4Si/c1-21-24(14-19-38(11,12)13)22(2)26(31-36-29(7,8)30(9,10)37-31)23(3)25(21)20-32-15-17-33(18-16-32)27(34)35-28(4,5)6/h15-18,20H2,1-13H3. The summed E-state index contributed by atoms with van der Waals surface area (Å²) < 4.78 is 18.7. The number of rotatable bonds is 3. The molecule has 1 amide bonds. The Morgan fingerprint density at radius 2 is 1.47 bits per heavy atom. The van der Waals surface area contributed by atoms with Gasteiger partial charge in [-0.05, 0) is 97.0 Å². The van der Waals surface area contributed by atoms with E-state index >= 15 is 0 Å². The zero-order valence-corrected chi connectivity index (χ0v) is 27.1. The van der Waals surface area contributed by atoms with E-state index in [1.165, 1.54) is 16.7 Å². The highest BCUT2D eigenvalue weighted by molar-refractivity contribution is 6.83. The van der Waals surface area contributed by atoms with Crippen LogP contribution in [0.4, 0.5) is 4.79 Å². The first-order chi connectivity index (χ1) is 17.2. The van der Waals surface area contributed by atoms with Crippen LogP contribution in [0.3, 0.4) is 0 Å². The van der Waals surface area contributed by atoms with Crippen LogP contribution in [0.25, 0.3) is 0 Å². The Morgan fingerprint density at radius 3 is 1.95 bits per heavy atom. The average Bonchev–Trinajstić information content (AvgIpc) is 2.96. The molecule has 0 unspecified atom stereocenters. The number of benzene rings is 1. The van der Waals surface area contributed by atoms with Crippen molar-refractivity contribution in [1.29, 1.82) is 0 Å². The van der Waals surface area contributed by atoms with Gasteiger partial charge in [-0.25, -0.2) is 4.79 Å². The van der Waals surface area contributed by atoms with E-state index in [1.54, 1.807) is 0 Å². The SMILES string of the molecule is Cc1c(C#C[Si](C)(C)C)c(C)c(B2OC(C)(C)C(C)(C)O2)c(C)c1CN1CCN(C(=O)OC(C)(C)C)CC1. The molecule has 0 atom stereocenters. The molecule has 0 spiro atoms. The lowest BCUT2D eigenvalue weighted by Gasteiger charge is -2.36. The van der Waals surface area contributed by atoms with Gasteiger partial charge in [0, 0.05) is 38.3 Å². The third-order valence-electron chi connectivity index (χ3n) is 7.92. The van der Waals surface area contributed by atoms with Crippen molar-refractivity contribution in [2.24, 2.45) is 0 Å². The molecule has 0 aromatic heterocycles. The summed E-state index contributed by atoms with van der Waals surface area (Å²) in [6, 6.07) is 0. The molecule has 0 N–H and O–H groups in total. The number of piperazine rings is 1. The second-order valence-electron chi connectivity index (χ2n) is 14.0. The zero-order valence-electron chi connectivity index (χ0n) is 26.1. The lowest BCUT2D eigenvalue weighted by atomic mass is 9.70. The molecule has 210 valence electrons. The van der Waals surface area contributed by atoms with Crippen LogP contribution in [-0.2, 0) is 20.6 Å². The number of ether oxygens (including phenoxy) is 1. The van der Waals surface area contributed by atoms with Gasteiger partial charge in [0.05, 0.1) is 11.2 Å². The highest BCUT2D eigenvalue weighted by Gasteiger charge is 2.52. The minimum atomic E-state index is -1.57. The van der Waals surface area contributed by atoms with Crippen LogP contribution in [0.1, 0.15) is 76.3 Å². The quantitative estimate of drug-likeness (QED) is 0.390. The fraction of sp³-hybridized carbons (Fsp3) is 0.700. The van der Waals surface area contributed by atoms with Crippen LogP contribution >= 0.6 is 0 Å². The van der Waals surface area contributed by atoms with Crippen LogP contribution in [0.15, 0.2) is 0 Å². The predicted molar refractivity (Wildman–Crippen MR) is 160 cm³/mol. The first kappa shape index (κ1) is 30.7. The van der Waals surface area contributed by atoms with E-state index in [9.17, 15) is 4.79 Å². The number of hydrogen-bond acceptors (Lipinski definition) is 5. The minimum absolute atomic E-state index is 0.230. The molecule has 2 fully saturated rings. The van der Waals surface area contributed by atoms with Gasteiger partial charge in [-0.2, -0.15) is 0 Å². The average molecular weight is 541 g/mol. The fourth-order valence-electron chi connectivity index (χ4n) is 4.92. The Morgan fingerprint density at radius 1 is 0.947 bits per heavy atom. The van der Waals surface area contributed by atoms with Crippen LogP contribution in [0.2, 0.25) is 19.6 Å². The lowest BCUT2D eigenvalue weighted by molar-refractivity contribution is 0.00578. The van der Waals surface area contributed by atoms with E-state index in [1.807, 2.05) is 25.7 Å². The predicted octanol–water partition coefficient (Wildman–Crippen LogP) is 5.19. The summed E-state index contributed by atoms with van der Waals surface area (Å²) >= 11 is 0. The van der Waals surface area contributed by atoms with Gasteiger partial charge in [0.2, 0.25) is 0 Å². The van der Waals surface area contributed by atoms with Gasteiger partial charge in [-0.15, -0.1) is 5.54 Å². The third kappa shape index (κ3) is 6.85. The van der Waals surface area contributed by atoms with Gasteiger partial charge in [0.25, 0.3) is 0 Å². The number of amides is 1. The first-order valence-electron chi connectivity index (χ1n) is 13.9. The molecule has 1 aromatic carbocycles. The van der Waals surface area contributed by atoms with E-state index in [0.29, 0.717) is 13.1 Å². The Bertz CT molecular complexity index is 1110. The van der Waals surface area contributed by atoms with Crippen molar-refractivity contribution in [3.05, 3.63) is 27.8 Å². The fourth-order valence-corrected chi connectivity index (χ4v) is 5.42. The van der Waals surface area contributed by atoms with Crippen LogP contribution in [-0.4, -0.2) is 74.1 Å². The van der Waals surface area contributed by atoms with Crippen molar-refractivity contribution in [2.75, 3.05) is 26.2 Å². The maximum Gasteiger partial charge on any atom is 0.495 e. The highest BCUT2D eigenvalue weighted by atomic mass is 28.3. The van der Waals surface area contributed by atoms with Crippen molar-refractivity contribution < 1.29 is 18.8 Å². The maximum atomic E-state index is 12.6. The smallest absolute Gasteiger partial charge is 0.444 e. The lowest BCUT2D eigenvalue weighted by Crippen LogP contribution is -2.50. The second-order valence-corrected chi connectivity index (χ2v) is 18.7. The van der Waals surface area contributed by atoms with Crippen molar-refractivity contribution in [3.8, 4) is 11.5 Å². The zero-order chi connectivity index (χ0) is 28.8. The molecule has 38 heavy (non-hydrogen) atoms. The molecular weight excluding hydrogens is 491 g/mol. The second kappa shape index (κ2) is 10.6. The Hall–Kier alpha value is -1.79. The summed E-state index contributed by atoms with van der Waals surface area (Å²) in [5, 5.41) is 0. The molecule has 2 saturated heterocycles. The number of nitrogens with zero attached hydrogens (tertiary/aromatic N) is 2. The number of carbonyl (C=O) groups excluding carboxylic acids is 1. The van der Waals surface area contributed by atoms with Crippen molar-refractivity contribution in [2.45, 2.75) is 112 Å². The topological polar surface area (TPSA) is 51.2 Å². The Labute approximate surface area is 232 Å². The van der Waals surface area contributed by atoms with Crippen LogP contribution < -0.4 is 5.46 Å². The largest absolute Gasteiger partial charge is 0.495 e. The van der Waals surface area contributed by atoms with Gasteiger partial charge in [-0.3, -0.25) is 4.90 Å². The Balaban J connectivity index is 1.96. The monoisotopic (exact) mass is 540 g/mol. The molecular formula is C30H49BN2O4Si. The summed E-state index contributed by atoms with van der Waals surface area (Å²) in [5.74, 6) is 3.59. The van der Waals surface area contributed by atoms with Gasteiger partial charge in [0.1, 0.15) is 13.7 Å². The summed E-state index contributed by atoms with van der Waals surface area (Å²) in [4.78, 5) is 16.8. The molecule has 3 rings (SSSR count). The van der Waals surface area contributed by atoms with Gasteiger partial charge < -0.3 is 18.9 Å². The van der Waals surface area contributed by atoms with E-state index in [2.05, 4.69) is 84.5 Å². The summed E-state index contributed by atoms with van der Waals surface area (Å²) in [5.41, 5.74) is 9.38. The van der Waals surface area contributed by atoms with Crippen molar-refractivity contribution >= 4 is 26.7 Å². The number of hydrogen-bond donors (Lipinski definition) is 0. The number of carbonyl (C=O) groups is 1. The molecule has 0 radical (unpaired) electrons. The molecule has 2 aliphatic heterocycles. The molecule has 2 heterocycles. The summed E-state index contributed by atoms with van der Waals surface area (Å²) in [7, 11) is -2.01. The van der Waals surface area contributed by atoms with Gasteiger partial charge >= 0.3 is 13.2 Å². The van der Waals surface area contributed by atoms with E-state index < -0.39 is 32.0 Å². The Kier molecular flexibility index (Phi) is 8.62. The molecule has 6 nitrogen and oxygen atoms in total. The highest BCUT2D eigenvalue weighted by Crippen LogP contribution is 2.38. The van der Waals surface area contributed by atoms with Crippen molar-refractivity contribution in [1.82, 2.24) is 9.80 Å². The van der Waals surface area contributed by atoms with Crippen LogP contribution in [0.5, 0.6) is 0 Å². The van der Waals surface area contributed by atoms with E-state index in [4.69, 9.17) is 14.0 Å². The maximum absolute atomic E-state index is 12.6. The van der Waals surface area contributed by atoms with Gasteiger partial charge in [0.15, 0.2) is 0 Å². The summed E-state index contributed by atoms with van der Waals surface area (Å²) in [6.45, 7) is 31.2. The molecule has 0 bridgehead atoms.